The van der Waals surface area contributed by atoms with E-state index in [1.807, 2.05) is 13.0 Å². The number of nitrogens with zero attached hydrogens (tertiary/aromatic N) is 3. The number of likely N-dealkylation sites (tertiary alicyclic amines) is 1. The summed E-state index contributed by atoms with van der Waals surface area (Å²) in [5.41, 5.74) is 11.5. The fourth-order valence-electron chi connectivity index (χ4n) is 8.36. The third-order valence-electron chi connectivity index (χ3n) is 11.0. The maximum atomic E-state index is 14.5. The summed E-state index contributed by atoms with van der Waals surface area (Å²) in [5, 5.41) is 12.4. The molecule has 2 heterocycles. The average molecular weight is 700 g/mol. The number of ether oxygens (including phenoxy) is 2. The van der Waals surface area contributed by atoms with Gasteiger partial charge in [-0.3, -0.25) is 4.79 Å². The first kappa shape index (κ1) is 37.0. The number of allylic oxidation sites excluding steroid dienone is 5. The summed E-state index contributed by atoms with van der Waals surface area (Å²) in [4.78, 5) is 20.9. The maximum Gasteiger partial charge on any atom is 0.262 e. The van der Waals surface area contributed by atoms with E-state index >= 15 is 0 Å². The Labute approximate surface area is 308 Å². The highest BCUT2D eigenvalue weighted by atomic mass is 19.1. The zero-order valence-corrected chi connectivity index (χ0v) is 30.8. The monoisotopic (exact) mass is 699 g/mol. The van der Waals surface area contributed by atoms with Crippen LogP contribution in [0.5, 0.6) is 0 Å². The van der Waals surface area contributed by atoms with Gasteiger partial charge in [0.05, 0.1) is 19.3 Å². The Balaban J connectivity index is 1.35. The van der Waals surface area contributed by atoms with Crippen molar-refractivity contribution in [3.8, 4) is 6.07 Å². The number of carbonyl (C=O) groups excluding carboxylic acids is 1. The Bertz CT molecular complexity index is 1960. The topological polar surface area (TPSA) is 74.9 Å². The van der Waals surface area contributed by atoms with Gasteiger partial charge in [0.2, 0.25) is 0 Å². The summed E-state index contributed by atoms with van der Waals surface area (Å²) in [5.74, 6) is 0.406. The number of alkyl halides is 1. The molecule has 2 aromatic rings. The number of methoxy groups -OCH3 is 1. The fraction of sp³-hybridized carbons (Fsp3) is 0.422. The molecule has 2 fully saturated rings. The van der Waals surface area contributed by atoms with Crippen molar-refractivity contribution in [2.75, 3.05) is 33.4 Å². The molecule has 2 aromatic carbocycles. The zero-order chi connectivity index (χ0) is 36.6. The van der Waals surface area contributed by atoms with Gasteiger partial charge < -0.3 is 14.4 Å². The van der Waals surface area contributed by atoms with Crippen LogP contribution in [-0.2, 0) is 14.3 Å². The zero-order valence-electron chi connectivity index (χ0n) is 30.8. The number of hydrogen-bond acceptors (Lipinski definition) is 6. The van der Waals surface area contributed by atoms with E-state index in [9.17, 15) is 14.4 Å². The van der Waals surface area contributed by atoms with E-state index in [0.717, 1.165) is 48.2 Å². The van der Waals surface area contributed by atoms with Crippen molar-refractivity contribution in [1.82, 2.24) is 4.90 Å². The van der Waals surface area contributed by atoms with E-state index in [1.54, 1.807) is 19.3 Å². The molecule has 0 radical (unpaired) electrons. The number of hydrogen-bond donors (Lipinski definition) is 0. The fourth-order valence-corrected chi connectivity index (χ4v) is 8.36. The first-order valence-corrected chi connectivity index (χ1v) is 18.7. The van der Waals surface area contributed by atoms with Gasteiger partial charge in [-0.1, -0.05) is 83.7 Å². The number of aryl methyl sites for hydroxylation is 1. The van der Waals surface area contributed by atoms with Gasteiger partial charge in [0.15, 0.2) is 5.78 Å². The van der Waals surface area contributed by atoms with Crippen LogP contribution in [0, 0.1) is 36.0 Å². The molecule has 1 saturated heterocycles. The SMILES string of the molecule is C=C1CCN(C2=NC(OC[C@H]3C[C@@H](F)CC/C3=C/C)=C=CC3=C2CC/C(=C\c2cccc4cccc(C)c24)C3)C[C@H](CC#N)C1C(=O)/C=C/COC. The molecule has 2 aliphatic carbocycles. The number of ketones is 1. The predicted molar refractivity (Wildman–Crippen MR) is 207 cm³/mol. The third kappa shape index (κ3) is 8.47. The van der Waals surface area contributed by atoms with Gasteiger partial charge >= 0.3 is 0 Å². The Morgan fingerprint density at radius 2 is 2.02 bits per heavy atom. The number of amidine groups is 1. The van der Waals surface area contributed by atoms with Gasteiger partial charge in [-0.25, -0.2) is 4.39 Å². The minimum absolute atomic E-state index is 0.00863. The summed E-state index contributed by atoms with van der Waals surface area (Å²) < 4.78 is 26.0. The number of carbonyl (C=O) groups is 1. The molecular weight excluding hydrogens is 650 g/mol. The van der Waals surface area contributed by atoms with E-state index in [4.69, 9.17) is 14.5 Å². The second-order valence-electron chi connectivity index (χ2n) is 14.5. The summed E-state index contributed by atoms with van der Waals surface area (Å²) in [7, 11) is 1.59. The highest BCUT2D eigenvalue weighted by molar-refractivity contribution is 6.01. The lowest BCUT2D eigenvalue weighted by atomic mass is 9.81. The highest BCUT2D eigenvalue weighted by Crippen LogP contribution is 2.38. The number of halogens is 1. The van der Waals surface area contributed by atoms with Crippen molar-refractivity contribution < 1.29 is 18.7 Å². The number of benzene rings is 2. The molecule has 0 spiro atoms. The molecule has 0 aromatic heterocycles. The maximum absolute atomic E-state index is 14.5. The van der Waals surface area contributed by atoms with Crippen molar-refractivity contribution in [1.29, 1.82) is 5.26 Å². The van der Waals surface area contributed by atoms with Gasteiger partial charge in [-0.2, -0.15) is 10.3 Å². The lowest BCUT2D eigenvalue weighted by molar-refractivity contribution is -0.118. The second-order valence-corrected chi connectivity index (χ2v) is 14.5. The van der Waals surface area contributed by atoms with Crippen LogP contribution in [0.15, 0.2) is 112 Å². The van der Waals surface area contributed by atoms with Crippen LogP contribution in [0.3, 0.4) is 0 Å². The third-order valence-corrected chi connectivity index (χ3v) is 11.0. The predicted octanol–water partition coefficient (Wildman–Crippen LogP) is 9.70. The molecule has 2 aliphatic heterocycles. The van der Waals surface area contributed by atoms with E-state index in [2.05, 4.69) is 78.8 Å². The van der Waals surface area contributed by atoms with Gasteiger partial charge in [-0.15, -0.1) is 0 Å². The Morgan fingerprint density at radius 3 is 2.81 bits per heavy atom. The molecule has 0 N–H and O–H groups in total. The molecule has 1 unspecified atom stereocenters. The Kier molecular flexibility index (Phi) is 12.2. The minimum Gasteiger partial charge on any atom is -0.471 e. The molecule has 1 saturated carbocycles. The molecule has 0 bridgehead atoms. The summed E-state index contributed by atoms with van der Waals surface area (Å²) in [6.45, 7) is 10.3. The van der Waals surface area contributed by atoms with Crippen LogP contribution in [0.25, 0.3) is 16.8 Å². The summed E-state index contributed by atoms with van der Waals surface area (Å²) >= 11 is 0. The first-order chi connectivity index (χ1) is 25.3. The molecule has 6 nitrogen and oxygen atoms in total. The minimum atomic E-state index is -0.831. The van der Waals surface area contributed by atoms with Crippen LogP contribution in [-0.4, -0.2) is 56.1 Å². The van der Waals surface area contributed by atoms with Crippen molar-refractivity contribution in [2.45, 2.75) is 71.4 Å². The summed E-state index contributed by atoms with van der Waals surface area (Å²) in [6.07, 6.45) is 13.9. The van der Waals surface area contributed by atoms with Crippen LogP contribution in [0.2, 0.25) is 0 Å². The Hall–Kier alpha value is -4.76. The van der Waals surface area contributed by atoms with E-state index in [0.29, 0.717) is 51.4 Å². The molecule has 270 valence electrons. The quantitative estimate of drug-likeness (QED) is 0.148. The normalized spacial score (nSPS) is 25.5. The van der Waals surface area contributed by atoms with Gasteiger partial charge in [0.1, 0.15) is 12.0 Å². The van der Waals surface area contributed by atoms with E-state index < -0.39 is 12.1 Å². The van der Waals surface area contributed by atoms with Crippen molar-refractivity contribution in [2.24, 2.45) is 22.7 Å². The second kappa shape index (κ2) is 17.2. The average Bonchev–Trinajstić information content (AvgIpc) is 3.42. The number of aliphatic imine (C=N–C) groups is 1. The lowest BCUT2D eigenvalue weighted by Gasteiger charge is -2.32. The standard InChI is InChI=1S/C45H50FN3O3/c1-5-33-15-17-39(46)27-38(33)29-52-42-19-16-35-25-32(26-36-12-7-11-34-10-6-9-30(2)43(34)36)14-18-40(35)45(48-42)49-23-21-31(3)44(37(28-49)20-22-47)41(50)13-8-24-51-4/h5-13,16,26,37-39,44H,3,14-15,17-18,20-21,23-25,27-29H2,1-2,4H3/b13-8+,32-26+,33-5-/t37-,38+,39-,44?/m0/s1. The van der Waals surface area contributed by atoms with E-state index in [1.165, 1.54) is 33.0 Å². The smallest absolute Gasteiger partial charge is 0.262 e. The van der Waals surface area contributed by atoms with E-state index in [-0.39, 0.29) is 24.0 Å². The molecule has 7 heteroatoms. The molecule has 0 amide bonds. The first-order valence-electron chi connectivity index (χ1n) is 18.7. The molecule has 4 atom stereocenters. The van der Waals surface area contributed by atoms with Gasteiger partial charge in [-0.05, 0) is 104 Å². The molecular formula is C45H50FN3O3. The van der Waals surface area contributed by atoms with Gasteiger partial charge in [0.25, 0.3) is 5.88 Å². The van der Waals surface area contributed by atoms with Crippen LogP contribution < -0.4 is 0 Å². The van der Waals surface area contributed by atoms with Crippen LogP contribution in [0.1, 0.15) is 69.4 Å². The molecule has 4 aliphatic rings. The van der Waals surface area contributed by atoms with Crippen molar-refractivity contribution in [3.63, 3.8) is 0 Å². The largest absolute Gasteiger partial charge is 0.471 e. The number of rotatable bonds is 9. The van der Waals surface area contributed by atoms with Crippen molar-refractivity contribution >= 4 is 28.5 Å². The highest BCUT2D eigenvalue weighted by Gasteiger charge is 2.36. The van der Waals surface area contributed by atoms with Crippen LogP contribution >= 0.6 is 0 Å². The number of fused-ring (bicyclic) bond motifs is 1. The molecule has 6 rings (SSSR count). The lowest BCUT2D eigenvalue weighted by Crippen LogP contribution is -2.38. The summed E-state index contributed by atoms with van der Waals surface area (Å²) in [6, 6.07) is 15.3. The van der Waals surface area contributed by atoms with Crippen LogP contribution in [0.4, 0.5) is 4.39 Å². The van der Waals surface area contributed by atoms with Gasteiger partial charge in [0, 0.05) is 44.4 Å². The molecule has 52 heavy (non-hydrogen) atoms. The van der Waals surface area contributed by atoms with Crippen molar-refractivity contribution in [3.05, 3.63) is 118 Å². The Morgan fingerprint density at radius 1 is 1.19 bits per heavy atom. The number of nitriles is 1.